The molecule has 0 atom stereocenters. The molecule has 0 fully saturated rings. The number of nitrogens with one attached hydrogen (secondary N) is 1. The molecule has 5 nitrogen and oxygen atoms in total. The van der Waals surface area contributed by atoms with Gasteiger partial charge in [0, 0.05) is 35.0 Å². The molecule has 116 valence electrons. The maximum atomic E-state index is 6.12. The van der Waals surface area contributed by atoms with Crippen molar-refractivity contribution in [2.75, 3.05) is 26.3 Å². The van der Waals surface area contributed by atoms with E-state index in [1.54, 1.807) is 20.3 Å². The summed E-state index contributed by atoms with van der Waals surface area (Å²) < 4.78 is 21.4. The molecular weight excluding hydrogens is 306 g/mol. The Morgan fingerprint density at radius 2 is 1.91 bits per heavy atom. The van der Waals surface area contributed by atoms with Crippen LogP contribution in [0.5, 0.6) is 23.0 Å². The summed E-state index contributed by atoms with van der Waals surface area (Å²) >= 11 is 6.12. The molecule has 6 heteroatoms. The first-order valence-electron chi connectivity index (χ1n) is 6.75. The van der Waals surface area contributed by atoms with E-state index in [4.69, 9.17) is 30.5 Å². The third-order valence-corrected chi connectivity index (χ3v) is 3.59. The lowest BCUT2D eigenvalue weighted by atomic mass is 10.1. The average molecular weight is 322 g/mol. The van der Waals surface area contributed by atoms with Gasteiger partial charge in [0.25, 0.3) is 0 Å². The van der Waals surface area contributed by atoms with Gasteiger partial charge in [-0.1, -0.05) is 11.6 Å². The van der Waals surface area contributed by atoms with Crippen molar-refractivity contribution in [1.82, 2.24) is 0 Å². The zero-order chi connectivity index (χ0) is 15.5. The lowest BCUT2D eigenvalue weighted by Crippen LogP contribution is -2.03. The van der Waals surface area contributed by atoms with E-state index in [-0.39, 0.29) is 6.79 Å². The van der Waals surface area contributed by atoms with Crippen LogP contribution >= 0.6 is 11.6 Å². The zero-order valence-corrected chi connectivity index (χ0v) is 13.1. The summed E-state index contributed by atoms with van der Waals surface area (Å²) in [4.78, 5) is 0. The van der Waals surface area contributed by atoms with Crippen molar-refractivity contribution in [3.05, 3.63) is 40.9 Å². The Labute approximate surface area is 133 Å². The first-order chi connectivity index (χ1) is 10.7. The van der Waals surface area contributed by atoms with Crippen LogP contribution in [0.3, 0.4) is 0 Å². The number of ether oxygens (including phenoxy) is 4. The summed E-state index contributed by atoms with van der Waals surface area (Å²) in [5.74, 6) is 2.77. The molecule has 0 amide bonds. The van der Waals surface area contributed by atoms with Crippen molar-refractivity contribution in [2.45, 2.75) is 6.54 Å². The summed E-state index contributed by atoms with van der Waals surface area (Å²) in [7, 11) is 3.19. The number of rotatable bonds is 5. The van der Waals surface area contributed by atoms with Gasteiger partial charge in [-0.05, 0) is 18.2 Å². The predicted octanol–water partition coefficient (Wildman–Crippen LogP) is 3.70. The van der Waals surface area contributed by atoms with Crippen molar-refractivity contribution < 1.29 is 18.9 Å². The highest BCUT2D eigenvalue weighted by atomic mass is 35.5. The van der Waals surface area contributed by atoms with E-state index in [2.05, 4.69) is 5.32 Å². The van der Waals surface area contributed by atoms with Gasteiger partial charge < -0.3 is 24.3 Å². The van der Waals surface area contributed by atoms with Crippen LogP contribution in [0, 0.1) is 0 Å². The Bertz CT molecular complexity index is 690. The van der Waals surface area contributed by atoms with E-state index in [1.807, 2.05) is 24.3 Å². The molecule has 1 N–H and O–H groups in total. The molecule has 0 bridgehead atoms. The maximum absolute atomic E-state index is 6.12. The molecule has 0 aromatic heterocycles. The summed E-state index contributed by atoms with van der Waals surface area (Å²) in [5, 5.41) is 3.91. The van der Waals surface area contributed by atoms with Crippen LogP contribution in [0.15, 0.2) is 30.3 Å². The van der Waals surface area contributed by atoms with Crippen molar-refractivity contribution in [3.8, 4) is 23.0 Å². The molecule has 1 heterocycles. The Kier molecular flexibility index (Phi) is 4.15. The van der Waals surface area contributed by atoms with Crippen LogP contribution in [0.25, 0.3) is 0 Å². The molecule has 0 radical (unpaired) electrons. The third-order valence-electron chi connectivity index (χ3n) is 3.38. The van der Waals surface area contributed by atoms with Gasteiger partial charge in [0.2, 0.25) is 6.79 Å². The lowest BCUT2D eigenvalue weighted by molar-refractivity contribution is 0.174. The first-order valence-corrected chi connectivity index (χ1v) is 7.13. The van der Waals surface area contributed by atoms with E-state index in [0.717, 1.165) is 22.7 Å². The zero-order valence-electron chi connectivity index (χ0n) is 12.3. The summed E-state index contributed by atoms with van der Waals surface area (Å²) in [5.41, 5.74) is 1.83. The minimum absolute atomic E-state index is 0.262. The van der Waals surface area contributed by atoms with Gasteiger partial charge in [0.15, 0.2) is 23.0 Å². The fraction of sp³-hybridized carbons (Fsp3) is 0.250. The molecule has 2 aromatic rings. The standard InChI is InChI=1S/C16H16ClNO4/c1-19-15-6-11(17)5-10(16(15)20-2)8-18-12-3-4-13-14(7-12)22-9-21-13/h3-7,18H,8-9H2,1-2H3. The van der Waals surface area contributed by atoms with Crippen LogP contribution in [-0.2, 0) is 6.54 Å². The van der Waals surface area contributed by atoms with Gasteiger partial charge in [-0.3, -0.25) is 0 Å². The van der Waals surface area contributed by atoms with E-state index in [0.29, 0.717) is 23.1 Å². The smallest absolute Gasteiger partial charge is 0.231 e. The molecular formula is C16H16ClNO4. The summed E-state index contributed by atoms with van der Waals surface area (Å²) in [6.07, 6.45) is 0. The molecule has 0 saturated carbocycles. The second-order valence-corrected chi connectivity index (χ2v) is 5.16. The van der Waals surface area contributed by atoms with Gasteiger partial charge in [-0.15, -0.1) is 0 Å². The molecule has 2 aromatic carbocycles. The number of fused-ring (bicyclic) bond motifs is 1. The molecule has 3 rings (SSSR count). The molecule has 0 aliphatic carbocycles. The Hall–Kier alpha value is -2.27. The third kappa shape index (κ3) is 2.85. The van der Waals surface area contributed by atoms with Gasteiger partial charge in [-0.25, -0.2) is 0 Å². The van der Waals surface area contributed by atoms with Crippen LogP contribution in [0.1, 0.15) is 5.56 Å². The normalized spacial score (nSPS) is 12.1. The largest absolute Gasteiger partial charge is 0.493 e. The van der Waals surface area contributed by atoms with E-state index >= 15 is 0 Å². The second-order valence-electron chi connectivity index (χ2n) is 4.72. The predicted molar refractivity (Wildman–Crippen MR) is 84.4 cm³/mol. The SMILES string of the molecule is COc1cc(Cl)cc(CNc2ccc3c(c2)OCO3)c1OC. The van der Waals surface area contributed by atoms with Gasteiger partial charge in [-0.2, -0.15) is 0 Å². The summed E-state index contributed by atoms with van der Waals surface area (Å²) in [6.45, 7) is 0.803. The molecule has 22 heavy (non-hydrogen) atoms. The van der Waals surface area contributed by atoms with Crippen LogP contribution in [0.2, 0.25) is 5.02 Å². The monoisotopic (exact) mass is 321 g/mol. The Balaban J connectivity index is 1.80. The highest BCUT2D eigenvalue weighted by molar-refractivity contribution is 6.30. The Morgan fingerprint density at radius 1 is 1.09 bits per heavy atom. The lowest BCUT2D eigenvalue weighted by Gasteiger charge is -2.14. The van der Waals surface area contributed by atoms with Crippen molar-refractivity contribution >= 4 is 17.3 Å². The number of hydrogen-bond donors (Lipinski definition) is 1. The Morgan fingerprint density at radius 3 is 2.68 bits per heavy atom. The highest BCUT2D eigenvalue weighted by Crippen LogP contribution is 2.36. The average Bonchev–Trinajstić information content (AvgIpc) is 2.99. The molecule has 0 saturated heterocycles. The van der Waals surface area contributed by atoms with Crippen molar-refractivity contribution in [1.29, 1.82) is 0 Å². The topological polar surface area (TPSA) is 49.0 Å². The molecule has 0 spiro atoms. The van der Waals surface area contributed by atoms with Crippen LogP contribution in [-0.4, -0.2) is 21.0 Å². The van der Waals surface area contributed by atoms with Gasteiger partial charge >= 0.3 is 0 Å². The van der Waals surface area contributed by atoms with E-state index in [1.165, 1.54) is 0 Å². The fourth-order valence-corrected chi connectivity index (χ4v) is 2.57. The minimum Gasteiger partial charge on any atom is -0.493 e. The summed E-state index contributed by atoms with van der Waals surface area (Å²) in [6, 6.07) is 9.28. The van der Waals surface area contributed by atoms with Crippen molar-refractivity contribution in [3.63, 3.8) is 0 Å². The maximum Gasteiger partial charge on any atom is 0.231 e. The highest BCUT2D eigenvalue weighted by Gasteiger charge is 2.14. The van der Waals surface area contributed by atoms with Crippen molar-refractivity contribution in [2.24, 2.45) is 0 Å². The molecule has 1 aliphatic heterocycles. The van der Waals surface area contributed by atoms with Gasteiger partial charge in [0.1, 0.15) is 0 Å². The number of anilines is 1. The number of benzene rings is 2. The quantitative estimate of drug-likeness (QED) is 0.910. The number of methoxy groups -OCH3 is 2. The number of hydrogen-bond acceptors (Lipinski definition) is 5. The van der Waals surface area contributed by atoms with E-state index < -0.39 is 0 Å². The minimum atomic E-state index is 0.262. The fourth-order valence-electron chi connectivity index (χ4n) is 2.34. The molecule has 0 unspecified atom stereocenters. The second kappa shape index (κ2) is 6.23. The first kappa shape index (κ1) is 14.7. The number of halogens is 1. The van der Waals surface area contributed by atoms with Crippen LogP contribution in [0.4, 0.5) is 5.69 Å². The van der Waals surface area contributed by atoms with Crippen LogP contribution < -0.4 is 24.3 Å². The molecule has 1 aliphatic rings. The van der Waals surface area contributed by atoms with E-state index in [9.17, 15) is 0 Å². The van der Waals surface area contributed by atoms with Gasteiger partial charge in [0.05, 0.1) is 14.2 Å².